The Labute approximate surface area is 131 Å². The number of rotatable bonds is 3. The van der Waals surface area contributed by atoms with Crippen molar-refractivity contribution in [2.24, 2.45) is 5.73 Å². The second kappa shape index (κ2) is 5.92. The van der Waals surface area contributed by atoms with Gasteiger partial charge in [0.25, 0.3) is 0 Å². The van der Waals surface area contributed by atoms with Crippen LogP contribution < -0.4 is 10.5 Å². The third-order valence-electron chi connectivity index (χ3n) is 2.69. The molecular weight excluding hydrogens is 319 g/mol. The highest BCUT2D eigenvalue weighted by Crippen LogP contribution is 2.36. The molecule has 0 saturated heterocycles. The summed E-state index contributed by atoms with van der Waals surface area (Å²) in [6.45, 7) is 1.85. The summed E-state index contributed by atoms with van der Waals surface area (Å²) >= 11 is 17.8. The first-order valence-corrected chi connectivity index (χ1v) is 6.79. The Morgan fingerprint density at radius 2 is 1.70 bits per heavy atom. The number of benzene rings is 2. The third-order valence-corrected chi connectivity index (χ3v) is 3.71. The lowest BCUT2D eigenvalue weighted by atomic mass is 10.1. The monoisotopic (exact) mass is 328 g/mol. The van der Waals surface area contributed by atoms with Gasteiger partial charge in [-0.15, -0.1) is 0 Å². The topological polar surface area (TPSA) is 59.1 Å². The molecule has 0 fully saturated rings. The molecule has 3 N–H and O–H groups in total. The Bertz CT molecular complexity index is 686. The molecule has 0 aliphatic heterocycles. The first kappa shape index (κ1) is 15.0. The van der Waals surface area contributed by atoms with Crippen LogP contribution in [0.25, 0.3) is 0 Å². The summed E-state index contributed by atoms with van der Waals surface area (Å²) in [4.78, 5) is 0. The number of hydrogen-bond acceptors (Lipinski definition) is 2. The van der Waals surface area contributed by atoms with E-state index < -0.39 is 0 Å². The van der Waals surface area contributed by atoms with Crippen LogP contribution in [0.5, 0.6) is 11.5 Å². The Hall–Kier alpha value is -1.42. The highest BCUT2D eigenvalue weighted by atomic mass is 35.5. The molecule has 6 heteroatoms. The van der Waals surface area contributed by atoms with E-state index >= 15 is 0 Å². The van der Waals surface area contributed by atoms with Gasteiger partial charge >= 0.3 is 0 Å². The molecule has 104 valence electrons. The number of nitrogens with two attached hydrogens (primary N) is 1. The fraction of sp³-hybridized carbons (Fsp3) is 0.0714. The van der Waals surface area contributed by atoms with Crippen molar-refractivity contribution in [2.75, 3.05) is 0 Å². The highest BCUT2D eigenvalue weighted by molar-refractivity contribution is 6.43. The van der Waals surface area contributed by atoms with Crippen molar-refractivity contribution >= 4 is 40.6 Å². The van der Waals surface area contributed by atoms with Gasteiger partial charge in [-0.1, -0.05) is 34.8 Å². The van der Waals surface area contributed by atoms with Crippen LogP contribution in [0.1, 0.15) is 11.1 Å². The van der Waals surface area contributed by atoms with Gasteiger partial charge in [0.1, 0.15) is 17.3 Å². The summed E-state index contributed by atoms with van der Waals surface area (Å²) in [5, 5.41) is 8.54. The molecule has 0 unspecified atom stereocenters. The first-order chi connectivity index (χ1) is 9.38. The molecule has 0 aliphatic rings. The van der Waals surface area contributed by atoms with Crippen LogP contribution in [-0.2, 0) is 0 Å². The van der Waals surface area contributed by atoms with Gasteiger partial charge in [0.15, 0.2) is 0 Å². The van der Waals surface area contributed by atoms with Gasteiger partial charge in [0.2, 0.25) is 0 Å². The lowest BCUT2D eigenvalue weighted by Gasteiger charge is -2.11. The maximum atomic E-state index is 7.44. The molecule has 0 aromatic heterocycles. The predicted octanol–water partition coefficient (Wildman–Crippen LogP) is 5.03. The van der Waals surface area contributed by atoms with Gasteiger partial charge in [-0.3, -0.25) is 5.41 Å². The summed E-state index contributed by atoms with van der Waals surface area (Å²) in [5.41, 5.74) is 6.97. The predicted molar refractivity (Wildman–Crippen MR) is 83.7 cm³/mol. The largest absolute Gasteiger partial charge is 0.456 e. The van der Waals surface area contributed by atoms with Crippen molar-refractivity contribution in [3.63, 3.8) is 0 Å². The Kier molecular flexibility index (Phi) is 4.43. The Balaban J connectivity index is 2.33. The minimum atomic E-state index is 0.0154. The van der Waals surface area contributed by atoms with Crippen molar-refractivity contribution in [2.45, 2.75) is 6.92 Å². The molecule has 0 amide bonds. The fourth-order valence-electron chi connectivity index (χ4n) is 1.71. The summed E-state index contributed by atoms with van der Waals surface area (Å²) in [7, 11) is 0. The lowest BCUT2D eigenvalue weighted by molar-refractivity contribution is 0.482. The molecular formula is C14H11Cl3N2O. The third kappa shape index (κ3) is 3.18. The van der Waals surface area contributed by atoms with Gasteiger partial charge in [0.05, 0.1) is 15.1 Å². The quantitative estimate of drug-likeness (QED) is 0.471. The first-order valence-electron chi connectivity index (χ1n) is 5.66. The van der Waals surface area contributed by atoms with Crippen molar-refractivity contribution in [3.8, 4) is 11.5 Å². The van der Waals surface area contributed by atoms with E-state index in [1.54, 1.807) is 24.3 Å². The molecule has 0 radical (unpaired) electrons. The molecule has 2 rings (SSSR count). The molecule has 0 bridgehead atoms. The van der Waals surface area contributed by atoms with E-state index in [9.17, 15) is 0 Å². The van der Waals surface area contributed by atoms with Crippen LogP contribution in [0.2, 0.25) is 15.1 Å². The number of aryl methyl sites for hydroxylation is 1. The van der Waals surface area contributed by atoms with E-state index in [-0.39, 0.29) is 5.84 Å². The molecule has 0 saturated carbocycles. The number of ether oxygens (including phenoxy) is 1. The summed E-state index contributed by atoms with van der Waals surface area (Å²) < 4.78 is 5.67. The van der Waals surface area contributed by atoms with Gasteiger partial charge < -0.3 is 10.5 Å². The van der Waals surface area contributed by atoms with Crippen LogP contribution in [-0.4, -0.2) is 5.84 Å². The second-order valence-corrected chi connectivity index (χ2v) is 5.41. The van der Waals surface area contributed by atoms with Gasteiger partial charge in [-0.25, -0.2) is 0 Å². The van der Waals surface area contributed by atoms with Crippen LogP contribution in [0.15, 0.2) is 30.3 Å². The van der Waals surface area contributed by atoms with Crippen molar-refractivity contribution in [1.82, 2.24) is 0 Å². The van der Waals surface area contributed by atoms with E-state index in [2.05, 4.69) is 0 Å². The fourth-order valence-corrected chi connectivity index (χ4v) is 2.29. The summed E-state index contributed by atoms with van der Waals surface area (Å²) in [6.07, 6.45) is 0. The smallest absolute Gasteiger partial charge is 0.147 e. The molecule has 0 spiro atoms. The molecule has 0 aliphatic carbocycles. The average Bonchev–Trinajstić information content (AvgIpc) is 2.35. The van der Waals surface area contributed by atoms with Gasteiger partial charge in [0, 0.05) is 11.6 Å². The van der Waals surface area contributed by atoms with E-state index in [0.717, 1.165) is 5.56 Å². The second-order valence-electron chi connectivity index (χ2n) is 4.19. The SMILES string of the molecule is Cc1cc(Oc2cc(Cl)c(Cl)cc2Cl)ccc1C(=N)N. The molecule has 0 atom stereocenters. The highest BCUT2D eigenvalue weighted by Gasteiger charge is 2.09. The molecule has 2 aromatic carbocycles. The normalized spacial score (nSPS) is 10.4. The maximum absolute atomic E-state index is 7.44. The molecule has 3 nitrogen and oxygen atoms in total. The van der Waals surface area contributed by atoms with Crippen LogP contribution >= 0.6 is 34.8 Å². The van der Waals surface area contributed by atoms with Crippen molar-refractivity contribution in [1.29, 1.82) is 5.41 Å². The molecule has 0 heterocycles. The minimum Gasteiger partial charge on any atom is -0.456 e. The van der Waals surface area contributed by atoms with Crippen LogP contribution in [0.3, 0.4) is 0 Å². The van der Waals surface area contributed by atoms with Crippen LogP contribution in [0, 0.1) is 12.3 Å². The number of hydrogen-bond donors (Lipinski definition) is 2. The van der Waals surface area contributed by atoms with Gasteiger partial charge in [-0.2, -0.15) is 0 Å². The zero-order valence-electron chi connectivity index (χ0n) is 10.5. The lowest BCUT2D eigenvalue weighted by Crippen LogP contribution is -2.12. The van der Waals surface area contributed by atoms with E-state index in [1.165, 1.54) is 6.07 Å². The standard InChI is InChI=1S/C14H11Cl3N2O/c1-7-4-8(2-3-9(7)14(18)19)20-13-6-11(16)10(15)5-12(13)17/h2-6H,1H3,(H3,18,19). The Morgan fingerprint density at radius 1 is 1.05 bits per heavy atom. The van der Waals surface area contributed by atoms with Crippen molar-refractivity contribution in [3.05, 3.63) is 56.5 Å². The summed E-state index contributed by atoms with van der Waals surface area (Å²) in [5.74, 6) is 1.01. The average molecular weight is 330 g/mol. The number of nitrogen functional groups attached to an aromatic ring is 1. The van der Waals surface area contributed by atoms with E-state index in [4.69, 9.17) is 50.7 Å². The minimum absolute atomic E-state index is 0.0154. The van der Waals surface area contributed by atoms with E-state index in [1.807, 2.05) is 6.92 Å². The Morgan fingerprint density at radius 3 is 2.30 bits per heavy atom. The number of nitrogens with one attached hydrogen (secondary N) is 1. The molecule has 2 aromatic rings. The maximum Gasteiger partial charge on any atom is 0.147 e. The number of halogens is 3. The zero-order chi connectivity index (χ0) is 14.9. The van der Waals surface area contributed by atoms with Crippen molar-refractivity contribution < 1.29 is 4.74 Å². The zero-order valence-corrected chi connectivity index (χ0v) is 12.8. The van der Waals surface area contributed by atoms with E-state index in [0.29, 0.717) is 32.1 Å². The number of amidine groups is 1. The van der Waals surface area contributed by atoms with Gasteiger partial charge in [-0.05, 0) is 36.8 Å². The summed E-state index contributed by atoms with van der Waals surface area (Å²) in [6, 6.07) is 8.29. The molecule has 20 heavy (non-hydrogen) atoms. The van der Waals surface area contributed by atoms with Crippen LogP contribution in [0.4, 0.5) is 0 Å².